The standard InChI is InChI=1S/C12H10F3NO4/c1-16-8(10(17)18)9(20-11(16)19)6-2-4-7(5-3-6)12(13,14)15/h2-5,8-9H,1H3,(H,17,18). The average molecular weight is 289 g/mol. The number of cyclic esters (lactones) is 1. The van der Waals surface area contributed by atoms with Gasteiger partial charge in [0.25, 0.3) is 0 Å². The Morgan fingerprint density at radius 1 is 1.30 bits per heavy atom. The van der Waals surface area contributed by atoms with Gasteiger partial charge in [0.2, 0.25) is 0 Å². The molecule has 0 aromatic heterocycles. The molecule has 20 heavy (non-hydrogen) atoms. The van der Waals surface area contributed by atoms with Gasteiger partial charge in [-0.1, -0.05) is 12.1 Å². The quantitative estimate of drug-likeness (QED) is 0.907. The lowest BCUT2D eigenvalue weighted by molar-refractivity contribution is -0.142. The number of ether oxygens (including phenoxy) is 1. The summed E-state index contributed by atoms with van der Waals surface area (Å²) in [6.45, 7) is 0. The maximum Gasteiger partial charge on any atom is 0.416 e. The molecule has 2 rings (SSSR count). The molecule has 1 fully saturated rings. The van der Waals surface area contributed by atoms with Gasteiger partial charge < -0.3 is 9.84 Å². The summed E-state index contributed by atoms with van der Waals surface area (Å²) in [7, 11) is 1.26. The molecule has 0 saturated carbocycles. The van der Waals surface area contributed by atoms with Crippen LogP contribution in [0.15, 0.2) is 24.3 Å². The van der Waals surface area contributed by atoms with Crippen molar-refractivity contribution in [1.29, 1.82) is 0 Å². The van der Waals surface area contributed by atoms with E-state index >= 15 is 0 Å². The number of hydrogen-bond acceptors (Lipinski definition) is 3. The van der Waals surface area contributed by atoms with Gasteiger partial charge in [-0.25, -0.2) is 9.59 Å². The van der Waals surface area contributed by atoms with Gasteiger partial charge in [-0.05, 0) is 17.7 Å². The van der Waals surface area contributed by atoms with E-state index in [1.807, 2.05) is 0 Å². The van der Waals surface area contributed by atoms with E-state index in [1.165, 1.54) is 7.05 Å². The molecule has 1 aromatic carbocycles. The van der Waals surface area contributed by atoms with E-state index < -0.39 is 35.9 Å². The molecule has 0 aliphatic carbocycles. The van der Waals surface area contributed by atoms with Gasteiger partial charge in [0, 0.05) is 7.05 Å². The molecule has 108 valence electrons. The van der Waals surface area contributed by atoms with Crippen LogP contribution in [0.1, 0.15) is 17.2 Å². The number of hydrogen-bond donors (Lipinski definition) is 1. The lowest BCUT2D eigenvalue weighted by atomic mass is 10.0. The van der Waals surface area contributed by atoms with E-state index in [1.54, 1.807) is 0 Å². The minimum absolute atomic E-state index is 0.197. The first-order valence-electron chi connectivity index (χ1n) is 5.55. The predicted molar refractivity (Wildman–Crippen MR) is 59.9 cm³/mol. The van der Waals surface area contributed by atoms with E-state index in [9.17, 15) is 22.8 Å². The third-order valence-corrected chi connectivity index (χ3v) is 3.04. The first kappa shape index (κ1) is 14.2. The normalized spacial score (nSPS) is 22.8. The van der Waals surface area contributed by atoms with Gasteiger partial charge in [0.15, 0.2) is 12.1 Å². The summed E-state index contributed by atoms with van der Waals surface area (Å²) in [6.07, 6.45) is -6.44. The number of amides is 1. The molecule has 1 aliphatic heterocycles. The molecule has 0 radical (unpaired) electrons. The van der Waals surface area contributed by atoms with Gasteiger partial charge >= 0.3 is 18.2 Å². The molecule has 8 heteroatoms. The second-order valence-electron chi connectivity index (χ2n) is 4.32. The molecule has 2 unspecified atom stereocenters. The van der Waals surface area contributed by atoms with Gasteiger partial charge in [0.05, 0.1) is 5.56 Å². The number of carbonyl (C=O) groups excluding carboxylic acids is 1. The summed E-state index contributed by atoms with van der Waals surface area (Å²) in [6, 6.07) is 2.59. The van der Waals surface area contributed by atoms with Crippen molar-refractivity contribution in [3.05, 3.63) is 35.4 Å². The molecule has 2 atom stereocenters. The number of nitrogens with zero attached hydrogens (tertiary/aromatic N) is 1. The van der Waals surface area contributed by atoms with Gasteiger partial charge in [0.1, 0.15) is 0 Å². The Labute approximate surface area is 111 Å². The van der Waals surface area contributed by atoms with Crippen molar-refractivity contribution in [2.24, 2.45) is 0 Å². The molecular formula is C12H10F3NO4. The Balaban J connectivity index is 2.31. The zero-order chi connectivity index (χ0) is 15.1. The maximum absolute atomic E-state index is 12.4. The van der Waals surface area contributed by atoms with Crippen molar-refractivity contribution in [2.45, 2.75) is 18.3 Å². The second kappa shape index (κ2) is 4.69. The van der Waals surface area contributed by atoms with Crippen LogP contribution in [-0.2, 0) is 15.7 Å². The lowest BCUT2D eigenvalue weighted by Crippen LogP contribution is -2.37. The minimum atomic E-state index is -4.48. The monoisotopic (exact) mass is 289 g/mol. The zero-order valence-electron chi connectivity index (χ0n) is 10.2. The van der Waals surface area contributed by atoms with Crippen molar-refractivity contribution in [3.63, 3.8) is 0 Å². The number of carboxylic acids is 1. The van der Waals surface area contributed by atoms with Gasteiger partial charge in [-0.15, -0.1) is 0 Å². The molecule has 1 N–H and O–H groups in total. The number of aliphatic carboxylic acids is 1. The summed E-state index contributed by atoms with van der Waals surface area (Å²) >= 11 is 0. The highest BCUT2D eigenvalue weighted by Gasteiger charge is 2.45. The van der Waals surface area contributed by atoms with Crippen LogP contribution in [-0.4, -0.2) is 35.2 Å². The summed E-state index contributed by atoms with van der Waals surface area (Å²) < 4.78 is 42.2. The number of benzene rings is 1. The van der Waals surface area contributed by atoms with E-state index in [0.29, 0.717) is 0 Å². The fourth-order valence-electron chi connectivity index (χ4n) is 1.98. The van der Waals surface area contributed by atoms with Crippen LogP contribution in [0.5, 0.6) is 0 Å². The van der Waals surface area contributed by atoms with Crippen molar-refractivity contribution in [1.82, 2.24) is 4.90 Å². The number of carbonyl (C=O) groups is 2. The highest BCUT2D eigenvalue weighted by Crippen LogP contribution is 2.34. The van der Waals surface area contributed by atoms with Crippen LogP contribution >= 0.6 is 0 Å². The first-order valence-corrected chi connectivity index (χ1v) is 5.55. The molecule has 5 nitrogen and oxygen atoms in total. The SMILES string of the molecule is CN1C(=O)OC(c2ccc(C(F)(F)F)cc2)C1C(=O)O. The van der Waals surface area contributed by atoms with Crippen molar-refractivity contribution in [3.8, 4) is 0 Å². The van der Waals surface area contributed by atoms with Crippen LogP contribution in [0.4, 0.5) is 18.0 Å². The number of alkyl halides is 3. The van der Waals surface area contributed by atoms with Gasteiger partial charge in [-0.2, -0.15) is 13.2 Å². The smallest absolute Gasteiger partial charge is 0.416 e. The van der Waals surface area contributed by atoms with E-state index in [4.69, 9.17) is 9.84 Å². The fourth-order valence-corrected chi connectivity index (χ4v) is 1.98. The van der Waals surface area contributed by atoms with Crippen LogP contribution < -0.4 is 0 Å². The number of rotatable bonds is 2. The number of carboxylic acid groups (broad SMARTS) is 1. The molecule has 0 bridgehead atoms. The summed E-state index contributed by atoms with van der Waals surface area (Å²) in [5.41, 5.74) is -0.658. The van der Waals surface area contributed by atoms with E-state index in [2.05, 4.69) is 0 Å². The average Bonchev–Trinajstić information content (AvgIpc) is 2.65. The number of halogens is 3. The topological polar surface area (TPSA) is 66.8 Å². The highest BCUT2D eigenvalue weighted by molar-refractivity contribution is 5.84. The van der Waals surface area contributed by atoms with Gasteiger partial charge in [-0.3, -0.25) is 4.90 Å². The predicted octanol–water partition coefficient (Wildman–Crippen LogP) is 2.28. The molecular weight excluding hydrogens is 279 g/mol. The first-order chi connectivity index (χ1) is 9.21. The number of likely N-dealkylation sites (N-methyl/N-ethyl adjacent to an activating group) is 1. The van der Waals surface area contributed by atoms with Crippen molar-refractivity contribution < 1.29 is 32.6 Å². The highest BCUT2D eigenvalue weighted by atomic mass is 19.4. The summed E-state index contributed by atoms with van der Waals surface area (Å²) in [4.78, 5) is 23.4. The Morgan fingerprint density at radius 3 is 2.30 bits per heavy atom. The van der Waals surface area contributed by atoms with E-state index in [-0.39, 0.29) is 5.56 Å². The molecule has 1 amide bonds. The van der Waals surface area contributed by atoms with Crippen LogP contribution in [0.3, 0.4) is 0 Å². The van der Waals surface area contributed by atoms with Crippen molar-refractivity contribution in [2.75, 3.05) is 7.05 Å². The molecule has 1 aromatic rings. The summed E-state index contributed by atoms with van der Waals surface area (Å²) in [5.74, 6) is -1.29. The zero-order valence-corrected chi connectivity index (χ0v) is 10.2. The molecule has 1 aliphatic rings. The van der Waals surface area contributed by atoms with Crippen LogP contribution in [0, 0.1) is 0 Å². The van der Waals surface area contributed by atoms with Crippen molar-refractivity contribution >= 4 is 12.1 Å². The maximum atomic E-state index is 12.4. The lowest BCUT2D eigenvalue weighted by Gasteiger charge is -2.17. The summed E-state index contributed by atoms with van der Waals surface area (Å²) in [5, 5.41) is 9.06. The molecule has 1 heterocycles. The third-order valence-electron chi connectivity index (χ3n) is 3.04. The van der Waals surface area contributed by atoms with Crippen LogP contribution in [0.25, 0.3) is 0 Å². The third kappa shape index (κ3) is 2.40. The molecule has 0 spiro atoms. The van der Waals surface area contributed by atoms with Crippen LogP contribution in [0.2, 0.25) is 0 Å². The Hall–Kier alpha value is -2.25. The second-order valence-corrected chi connectivity index (χ2v) is 4.32. The Morgan fingerprint density at radius 2 is 1.85 bits per heavy atom. The fraction of sp³-hybridized carbons (Fsp3) is 0.333. The van der Waals surface area contributed by atoms with E-state index in [0.717, 1.165) is 29.2 Å². The largest absolute Gasteiger partial charge is 0.480 e. The Kier molecular flexibility index (Phi) is 3.33. The minimum Gasteiger partial charge on any atom is -0.480 e. The Bertz CT molecular complexity index is 541. The molecule has 1 saturated heterocycles.